The highest BCUT2D eigenvalue weighted by molar-refractivity contribution is 9.10. The van der Waals surface area contributed by atoms with Crippen LogP contribution in [0.2, 0.25) is 0 Å². The molecule has 116 valence electrons. The van der Waals surface area contributed by atoms with Gasteiger partial charge in [-0.1, -0.05) is 28.1 Å². The first-order chi connectivity index (χ1) is 10.7. The molecule has 5 heteroatoms. The highest BCUT2D eigenvalue weighted by Gasteiger charge is 2.50. The summed E-state index contributed by atoms with van der Waals surface area (Å²) in [6.45, 7) is 1.69. The van der Waals surface area contributed by atoms with Crippen molar-refractivity contribution < 1.29 is 4.79 Å². The molecule has 0 atom stereocenters. The van der Waals surface area contributed by atoms with Gasteiger partial charge >= 0.3 is 0 Å². The SMILES string of the molecule is O=C(NCCCCn1ccnc1)C1(c2ccc(Br)cc2)CC1. The van der Waals surface area contributed by atoms with Gasteiger partial charge in [-0.15, -0.1) is 0 Å². The van der Waals surface area contributed by atoms with Crippen LogP contribution >= 0.6 is 15.9 Å². The van der Waals surface area contributed by atoms with Gasteiger partial charge in [0.25, 0.3) is 0 Å². The van der Waals surface area contributed by atoms with E-state index in [1.54, 1.807) is 6.20 Å². The number of nitrogens with one attached hydrogen (secondary N) is 1. The number of nitrogens with zero attached hydrogens (tertiary/aromatic N) is 2. The number of unbranched alkanes of at least 4 members (excludes halogenated alkanes) is 1. The topological polar surface area (TPSA) is 46.9 Å². The van der Waals surface area contributed by atoms with Crippen molar-refractivity contribution in [3.05, 3.63) is 53.0 Å². The predicted molar refractivity (Wildman–Crippen MR) is 89.5 cm³/mol. The fourth-order valence-electron chi connectivity index (χ4n) is 2.75. The molecule has 1 aliphatic carbocycles. The van der Waals surface area contributed by atoms with Gasteiger partial charge in [-0.25, -0.2) is 4.98 Å². The molecule has 1 saturated carbocycles. The van der Waals surface area contributed by atoms with Crippen LogP contribution in [0.3, 0.4) is 0 Å². The summed E-state index contributed by atoms with van der Waals surface area (Å²) < 4.78 is 3.11. The van der Waals surface area contributed by atoms with Crippen molar-refractivity contribution >= 4 is 21.8 Å². The lowest BCUT2D eigenvalue weighted by Gasteiger charge is -2.16. The van der Waals surface area contributed by atoms with E-state index in [1.807, 2.05) is 24.7 Å². The number of rotatable bonds is 7. The van der Waals surface area contributed by atoms with Crippen molar-refractivity contribution in [2.24, 2.45) is 0 Å². The number of aromatic nitrogens is 2. The van der Waals surface area contributed by atoms with Crippen LogP contribution in [-0.2, 0) is 16.8 Å². The van der Waals surface area contributed by atoms with Crippen molar-refractivity contribution in [3.63, 3.8) is 0 Å². The lowest BCUT2D eigenvalue weighted by atomic mass is 9.95. The van der Waals surface area contributed by atoms with Crippen molar-refractivity contribution in [2.75, 3.05) is 6.54 Å². The van der Waals surface area contributed by atoms with Gasteiger partial charge in [-0.05, 0) is 43.4 Å². The van der Waals surface area contributed by atoms with Gasteiger partial charge in [0.15, 0.2) is 0 Å². The minimum Gasteiger partial charge on any atom is -0.355 e. The molecule has 2 aromatic rings. The van der Waals surface area contributed by atoms with Crippen LogP contribution in [0.5, 0.6) is 0 Å². The number of carbonyl (C=O) groups excluding carboxylic acids is 1. The summed E-state index contributed by atoms with van der Waals surface area (Å²) in [6, 6.07) is 8.12. The van der Waals surface area contributed by atoms with Gasteiger partial charge in [0.1, 0.15) is 0 Å². The van der Waals surface area contributed by atoms with E-state index in [9.17, 15) is 4.79 Å². The second-order valence-electron chi connectivity index (χ2n) is 5.85. The summed E-state index contributed by atoms with van der Waals surface area (Å²) in [5.74, 6) is 0.178. The molecule has 0 unspecified atom stereocenters. The Morgan fingerprint density at radius 3 is 2.68 bits per heavy atom. The number of hydrogen-bond donors (Lipinski definition) is 1. The quantitative estimate of drug-likeness (QED) is 0.769. The molecule has 1 fully saturated rings. The Kier molecular flexibility index (Phi) is 4.62. The van der Waals surface area contributed by atoms with E-state index in [2.05, 4.69) is 42.9 Å². The maximum atomic E-state index is 12.5. The summed E-state index contributed by atoms with van der Waals surface area (Å²) in [6.07, 6.45) is 9.51. The Morgan fingerprint density at radius 1 is 1.27 bits per heavy atom. The Bertz CT molecular complexity index is 618. The van der Waals surface area contributed by atoms with E-state index in [0.29, 0.717) is 0 Å². The van der Waals surface area contributed by atoms with Crippen molar-refractivity contribution in [1.29, 1.82) is 0 Å². The molecule has 4 nitrogen and oxygen atoms in total. The minimum absolute atomic E-state index is 0.178. The summed E-state index contributed by atoms with van der Waals surface area (Å²) in [4.78, 5) is 16.5. The predicted octanol–water partition coefficient (Wildman–Crippen LogP) is 3.27. The molecule has 1 aromatic heterocycles. The first-order valence-corrected chi connectivity index (χ1v) is 8.50. The molecule has 22 heavy (non-hydrogen) atoms. The molecule has 1 N–H and O–H groups in total. The molecule has 0 radical (unpaired) electrons. The smallest absolute Gasteiger partial charge is 0.230 e. The van der Waals surface area contributed by atoms with Crippen molar-refractivity contribution in [2.45, 2.75) is 37.6 Å². The molecule has 0 saturated heterocycles. The number of aryl methyl sites for hydroxylation is 1. The molecular weight excluding hydrogens is 342 g/mol. The van der Waals surface area contributed by atoms with E-state index in [1.165, 1.54) is 0 Å². The zero-order chi connectivity index (χ0) is 15.4. The number of imidazole rings is 1. The molecule has 3 rings (SSSR count). The van der Waals surface area contributed by atoms with E-state index >= 15 is 0 Å². The number of carbonyl (C=O) groups is 1. The molecule has 0 spiro atoms. The lowest BCUT2D eigenvalue weighted by Crippen LogP contribution is -2.35. The Morgan fingerprint density at radius 2 is 2.05 bits per heavy atom. The molecule has 1 aromatic carbocycles. The summed E-state index contributed by atoms with van der Waals surface area (Å²) in [7, 11) is 0. The number of hydrogen-bond acceptors (Lipinski definition) is 2. The molecule has 1 amide bonds. The van der Waals surface area contributed by atoms with E-state index < -0.39 is 0 Å². The van der Waals surface area contributed by atoms with E-state index in [4.69, 9.17) is 0 Å². The van der Waals surface area contributed by atoms with Crippen molar-refractivity contribution in [3.8, 4) is 0 Å². The highest BCUT2D eigenvalue weighted by atomic mass is 79.9. The highest BCUT2D eigenvalue weighted by Crippen LogP contribution is 2.48. The van der Waals surface area contributed by atoms with E-state index in [-0.39, 0.29) is 11.3 Å². The van der Waals surface area contributed by atoms with Gasteiger partial charge < -0.3 is 9.88 Å². The van der Waals surface area contributed by atoms with Gasteiger partial charge in [0, 0.05) is 30.0 Å². The third-order valence-electron chi connectivity index (χ3n) is 4.27. The fourth-order valence-corrected chi connectivity index (χ4v) is 3.01. The van der Waals surface area contributed by atoms with Crippen LogP contribution < -0.4 is 5.32 Å². The van der Waals surface area contributed by atoms with Gasteiger partial charge in [-0.3, -0.25) is 4.79 Å². The normalized spacial score (nSPS) is 15.5. The number of halogens is 1. The third-order valence-corrected chi connectivity index (χ3v) is 4.80. The Labute approximate surface area is 139 Å². The zero-order valence-corrected chi connectivity index (χ0v) is 14.1. The van der Waals surface area contributed by atoms with Gasteiger partial charge in [0.2, 0.25) is 5.91 Å². The number of benzene rings is 1. The first-order valence-electron chi connectivity index (χ1n) is 7.71. The number of amides is 1. The van der Waals surface area contributed by atoms with Crippen LogP contribution in [0.4, 0.5) is 0 Å². The van der Waals surface area contributed by atoms with Crippen LogP contribution in [0, 0.1) is 0 Å². The van der Waals surface area contributed by atoms with Crippen molar-refractivity contribution in [1.82, 2.24) is 14.9 Å². The van der Waals surface area contributed by atoms with Crippen LogP contribution in [0.25, 0.3) is 0 Å². The summed E-state index contributed by atoms with van der Waals surface area (Å²) in [5, 5.41) is 3.10. The molecule has 0 bridgehead atoms. The first kappa shape index (κ1) is 15.3. The van der Waals surface area contributed by atoms with Gasteiger partial charge in [0.05, 0.1) is 11.7 Å². The monoisotopic (exact) mass is 361 g/mol. The lowest BCUT2D eigenvalue weighted by molar-refractivity contribution is -0.123. The summed E-state index contributed by atoms with van der Waals surface area (Å²) in [5.41, 5.74) is 0.858. The largest absolute Gasteiger partial charge is 0.355 e. The second-order valence-corrected chi connectivity index (χ2v) is 6.77. The third kappa shape index (κ3) is 3.40. The zero-order valence-electron chi connectivity index (χ0n) is 12.5. The second kappa shape index (κ2) is 6.65. The molecule has 1 heterocycles. The standard InChI is InChI=1S/C17H20BrN3O/c18-15-5-3-14(4-6-15)17(7-8-17)16(22)20-9-1-2-11-21-12-10-19-13-21/h3-6,10,12-13H,1-2,7-9,11H2,(H,20,22). The fraction of sp³-hybridized carbons (Fsp3) is 0.412. The van der Waals surface area contributed by atoms with E-state index in [0.717, 1.165) is 48.8 Å². The van der Waals surface area contributed by atoms with Crippen LogP contribution in [0.15, 0.2) is 47.5 Å². The minimum atomic E-state index is -0.273. The Hall–Kier alpha value is -1.62. The maximum absolute atomic E-state index is 12.5. The molecular formula is C17H20BrN3O. The average Bonchev–Trinajstić information content (AvgIpc) is 3.17. The molecule has 0 aliphatic heterocycles. The maximum Gasteiger partial charge on any atom is 0.230 e. The molecule has 1 aliphatic rings. The Balaban J connectivity index is 1.44. The average molecular weight is 362 g/mol. The van der Waals surface area contributed by atoms with Crippen LogP contribution in [-0.4, -0.2) is 22.0 Å². The summed E-state index contributed by atoms with van der Waals surface area (Å²) >= 11 is 3.44. The van der Waals surface area contributed by atoms with Gasteiger partial charge in [-0.2, -0.15) is 0 Å². The van der Waals surface area contributed by atoms with Crippen LogP contribution in [0.1, 0.15) is 31.2 Å².